The maximum atomic E-state index is 11.8. The number of benzene rings is 1. The molecule has 0 unspecified atom stereocenters. The van der Waals surface area contributed by atoms with Crippen LogP contribution in [-0.2, 0) is 4.79 Å². The third-order valence-corrected chi connectivity index (χ3v) is 2.14. The third-order valence-electron chi connectivity index (χ3n) is 2.14. The molecule has 0 bridgehead atoms. The number of hydrogen-bond acceptors (Lipinski definition) is 3. The zero-order chi connectivity index (χ0) is 13.8. The van der Waals surface area contributed by atoms with Crippen molar-refractivity contribution >= 4 is 5.91 Å². The minimum atomic E-state index is -0.599. The molecule has 1 amide bonds. The summed E-state index contributed by atoms with van der Waals surface area (Å²) in [5, 5.41) is 11.6. The Balaban J connectivity index is 2.67. The maximum Gasteiger partial charge on any atom is 0.261 e. The van der Waals surface area contributed by atoms with Gasteiger partial charge in [-0.25, -0.2) is 0 Å². The van der Waals surface area contributed by atoms with Gasteiger partial charge in [0.05, 0.1) is 11.6 Å². The van der Waals surface area contributed by atoms with Gasteiger partial charge in [-0.2, -0.15) is 5.26 Å². The minimum Gasteiger partial charge on any atom is -0.481 e. The van der Waals surface area contributed by atoms with Crippen molar-refractivity contribution in [3.05, 3.63) is 29.8 Å². The second-order valence-corrected chi connectivity index (χ2v) is 5.14. The Labute approximate surface area is 108 Å². The molecule has 0 aromatic heterocycles. The van der Waals surface area contributed by atoms with Crippen molar-refractivity contribution in [2.24, 2.45) is 0 Å². The van der Waals surface area contributed by atoms with Gasteiger partial charge in [0.1, 0.15) is 5.75 Å². The first-order valence-corrected chi connectivity index (χ1v) is 5.80. The summed E-state index contributed by atoms with van der Waals surface area (Å²) in [5.41, 5.74) is 0.222. The zero-order valence-electron chi connectivity index (χ0n) is 11.2. The number of nitrogens with zero attached hydrogens (tertiary/aromatic N) is 1. The molecular weight excluding hydrogens is 228 g/mol. The molecule has 4 nitrogen and oxygen atoms in total. The van der Waals surface area contributed by atoms with Crippen LogP contribution in [-0.4, -0.2) is 17.6 Å². The lowest BCUT2D eigenvalue weighted by Gasteiger charge is -2.23. The van der Waals surface area contributed by atoms with E-state index in [1.165, 1.54) is 0 Å². The van der Waals surface area contributed by atoms with E-state index in [2.05, 4.69) is 5.32 Å². The van der Waals surface area contributed by atoms with E-state index in [0.717, 1.165) is 0 Å². The number of carbonyl (C=O) groups is 1. The fourth-order valence-corrected chi connectivity index (χ4v) is 1.37. The number of nitriles is 1. The topological polar surface area (TPSA) is 62.1 Å². The predicted octanol–water partition coefficient (Wildman–Crippen LogP) is 2.24. The number of ether oxygens (including phenoxy) is 1. The highest BCUT2D eigenvalue weighted by Gasteiger charge is 2.20. The van der Waals surface area contributed by atoms with Crippen molar-refractivity contribution in [2.75, 3.05) is 0 Å². The summed E-state index contributed by atoms with van der Waals surface area (Å²) in [4.78, 5) is 11.8. The lowest BCUT2D eigenvalue weighted by atomic mass is 10.1. The fourth-order valence-electron chi connectivity index (χ4n) is 1.37. The summed E-state index contributed by atoms with van der Waals surface area (Å²) in [6.07, 6.45) is -0.599. The molecule has 96 valence electrons. The van der Waals surface area contributed by atoms with E-state index in [1.807, 2.05) is 26.8 Å². The number of nitrogens with one attached hydrogen (secondary N) is 1. The van der Waals surface area contributed by atoms with Crippen LogP contribution >= 0.6 is 0 Å². The molecule has 0 spiro atoms. The molecular formula is C14H18N2O2. The first kappa shape index (κ1) is 14.0. The van der Waals surface area contributed by atoms with E-state index in [9.17, 15) is 4.79 Å². The largest absolute Gasteiger partial charge is 0.481 e. The second-order valence-electron chi connectivity index (χ2n) is 5.14. The molecule has 0 heterocycles. The fraction of sp³-hybridized carbons (Fsp3) is 0.429. The molecule has 0 radical (unpaired) electrons. The molecule has 0 aliphatic heterocycles. The van der Waals surface area contributed by atoms with Gasteiger partial charge in [-0.1, -0.05) is 6.07 Å². The number of rotatable bonds is 3. The van der Waals surface area contributed by atoms with Crippen LogP contribution in [0.4, 0.5) is 0 Å². The average molecular weight is 246 g/mol. The van der Waals surface area contributed by atoms with Crippen LogP contribution in [0.25, 0.3) is 0 Å². The van der Waals surface area contributed by atoms with E-state index in [-0.39, 0.29) is 11.4 Å². The van der Waals surface area contributed by atoms with E-state index >= 15 is 0 Å². The third kappa shape index (κ3) is 4.46. The van der Waals surface area contributed by atoms with Crippen LogP contribution in [0.1, 0.15) is 33.3 Å². The number of amides is 1. The Morgan fingerprint density at radius 1 is 1.44 bits per heavy atom. The Kier molecular flexibility index (Phi) is 4.33. The lowest BCUT2D eigenvalue weighted by Crippen LogP contribution is -2.46. The number of hydrogen-bond donors (Lipinski definition) is 1. The van der Waals surface area contributed by atoms with Crippen molar-refractivity contribution < 1.29 is 9.53 Å². The SMILES string of the molecule is C[C@@H](Oc1cccc(C#N)c1)C(=O)NC(C)(C)C. The highest BCUT2D eigenvalue weighted by Crippen LogP contribution is 2.14. The monoisotopic (exact) mass is 246 g/mol. The average Bonchev–Trinajstić information content (AvgIpc) is 2.27. The predicted molar refractivity (Wildman–Crippen MR) is 69.1 cm³/mol. The molecule has 0 saturated carbocycles. The minimum absolute atomic E-state index is 0.176. The molecule has 1 rings (SSSR count). The van der Waals surface area contributed by atoms with E-state index < -0.39 is 6.10 Å². The summed E-state index contributed by atoms with van der Waals surface area (Å²) in [6.45, 7) is 7.41. The van der Waals surface area contributed by atoms with Crippen LogP contribution in [0.3, 0.4) is 0 Å². The normalized spacial score (nSPS) is 12.4. The van der Waals surface area contributed by atoms with Gasteiger partial charge in [-0.15, -0.1) is 0 Å². The summed E-state index contributed by atoms with van der Waals surface area (Å²) in [6, 6.07) is 8.78. The first-order valence-electron chi connectivity index (χ1n) is 5.80. The van der Waals surface area contributed by atoms with E-state index in [1.54, 1.807) is 31.2 Å². The van der Waals surface area contributed by atoms with Crippen LogP contribution in [0.2, 0.25) is 0 Å². The first-order chi connectivity index (χ1) is 8.31. The molecule has 4 heteroatoms. The molecule has 0 fully saturated rings. The van der Waals surface area contributed by atoms with Crippen molar-refractivity contribution in [2.45, 2.75) is 39.3 Å². The standard InChI is InChI=1S/C14H18N2O2/c1-10(13(17)16-14(2,3)4)18-12-7-5-6-11(8-12)9-15/h5-8,10H,1-4H3,(H,16,17)/t10-/m1/s1. The van der Waals surface area contributed by atoms with Crippen LogP contribution in [0.15, 0.2) is 24.3 Å². The van der Waals surface area contributed by atoms with Crippen LogP contribution in [0.5, 0.6) is 5.75 Å². The molecule has 0 aliphatic carbocycles. The molecule has 0 aliphatic rings. The van der Waals surface area contributed by atoms with Gasteiger partial charge in [-0.3, -0.25) is 4.79 Å². The van der Waals surface area contributed by atoms with Crippen LogP contribution in [0, 0.1) is 11.3 Å². The Morgan fingerprint density at radius 3 is 2.67 bits per heavy atom. The van der Waals surface area contributed by atoms with Gasteiger partial charge in [0.2, 0.25) is 0 Å². The lowest BCUT2D eigenvalue weighted by molar-refractivity contribution is -0.128. The molecule has 0 saturated heterocycles. The van der Waals surface area contributed by atoms with Gasteiger partial charge in [-0.05, 0) is 45.9 Å². The van der Waals surface area contributed by atoms with Crippen molar-refractivity contribution in [3.8, 4) is 11.8 Å². The van der Waals surface area contributed by atoms with Gasteiger partial charge in [0.25, 0.3) is 5.91 Å². The molecule has 1 aromatic carbocycles. The molecule has 18 heavy (non-hydrogen) atoms. The molecule has 1 aromatic rings. The van der Waals surface area contributed by atoms with E-state index in [0.29, 0.717) is 11.3 Å². The summed E-state index contributed by atoms with van der Waals surface area (Å²) < 4.78 is 5.50. The van der Waals surface area contributed by atoms with Gasteiger partial charge in [0, 0.05) is 5.54 Å². The highest BCUT2D eigenvalue weighted by atomic mass is 16.5. The van der Waals surface area contributed by atoms with Crippen molar-refractivity contribution in [1.29, 1.82) is 5.26 Å². The summed E-state index contributed by atoms with van der Waals surface area (Å²) in [5.74, 6) is 0.343. The number of carbonyl (C=O) groups excluding carboxylic acids is 1. The Morgan fingerprint density at radius 2 is 2.11 bits per heavy atom. The van der Waals surface area contributed by atoms with Gasteiger partial charge in [0.15, 0.2) is 6.10 Å². The smallest absolute Gasteiger partial charge is 0.261 e. The van der Waals surface area contributed by atoms with Gasteiger partial charge >= 0.3 is 0 Å². The van der Waals surface area contributed by atoms with Crippen molar-refractivity contribution in [1.82, 2.24) is 5.32 Å². The van der Waals surface area contributed by atoms with Crippen LogP contribution < -0.4 is 10.1 Å². The second kappa shape index (κ2) is 5.54. The summed E-state index contributed by atoms with van der Waals surface area (Å²) >= 11 is 0. The molecule has 1 N–H and O–H groups in total. The van der Waals surface area contributed by atoms with Crippen molar-refractivity contribution in [3.63, 3.8) is 0 Å². The zero-order valence-corrected chi connectivity index (χ0v) is 11.2. The van der Waals surface area contributed by atoms with E-state index in [4.69, 9.17) is 10.00 Å². The molecule has 1 atom stereocenters. The maximum absolute atomic E-state index is 11.8. The Hall–Kier alpha value is -2.02. The quantitative estimate of drug-likeness (QED) is 0.889. The summed E-state index contributed by atoms with van der Waals surface area (Å²) in [7, 11) is 0. The Bertz CT molecular complexity index is 469. The van der Waals surface area contributed by atoms with Gasteiger partial charge < -0.3 is 10.1 Å². The highest BCUT2D eigenvalue weighted by molar-refractivity contribution is 5.81.